The summed E-state index contributed by atoms with van der Waals surface area (Å²) in [5, 5.41) is 3.78. The van der Waals surface area contributed by atoms with Gasteiger partial charge >= 0.3 is 6.16 Å². The fraction of sp³-hybridized carbons (Fsp3) is 0.348. The van der Waals surface area contributed by atoms with Crippen LogP contribution in [0.3, 0.4) is 0 Å². The molecular weight excluding hydrogens is 455 g/mol. The van der Waals surface area contributed by atoms with Gasteiger partial charge in [-0.15, -0.1) is 0 Å². The van der Waals surface area contributed by atoms with E-state index < -0.39 is 6.16 Å². The number of hydrogen-bond acceptors (Lipinski definition) is 5. The van der Waals surface area contributed by atoms with Crippen molar-refractivity contribution in [3.05, 3.63) is 63.6 Å². The van der Waals surface area contributed by atoms with Crippen molar-refractivity contribution in [3.8, 4) is 5.75 Å². The lowest BCUT2D eigenvalue weighted by molar-refractivity contribution is 0.0684. The summed E-state index contributed by atoms with van der Waals surface area (Å²) in [6, 6.07) is 11.1. The maximum Gasteiger partial charge on any atom is 0.513 e. The van der Waals surface area contributed by atoms with Crippen LogP contribution in [0.5, 0.6) is 5.75 Å². The SMILES string of the molecule is CCOC(=O)Oc1ccc(C(=O)NCC2CCN(C(=O)c3cc(Cl)ccc3Cl)CC2)cc1. The Kier molecular flexibility index (Phi) is 8.36. The highest BCUT2D eigenvalue weighted by atomic mass is 35.5. The average Bonchev–Trinajstić information content (AvgIpc) is 2.79. The number of amides is 2. The maximum absolute atomic E-state index is 12.7. The predicted octanol–water partition coefficient (Wildman–Crippen LogP) is 4.81. The second-order valence-corrected chi connectivity index (χ2v) is 8.22. The van der Waals surface area contributed by atoms with Crippen molar-refractivity contribution in [1.82, 2.24) is 10.2 Å². The van der Waals surface area contributed by atoms with Gasteiger partial charge in [-0.25, -0.2) is 4.79 Å². The summed E-state index contributed by atoms with van der Waals surface area (Å²) in [5.41, 5.74) is 0.866. The van der Waals surface area contributed by atoms with Gasteiger partial charge < -0.3 is 19.7 Å². The van der Waals surface area contributed by atoms with E-state index in [-0.39, 0.29) is 24.3 Å². The molecule has 0 spiro atoms. The summed E-state index contributed by atoms with van der Waals surface area (Å²) in [5.74, 6) is 0.225. The maximum atomic E-state index is 12.7. The number of nitrogens with one attached hydrogen (secondary N) is 1. The lowest BCUT2D eigenvalue weighted by atomic mass is 9.96. The quantitative estimate of drug-likeness (QED) is 0.475. The van der Waals surface area contributed by atoms with Crippen LogP contribution in [0.4, 0.5) is 4.79 Å². The standard InChI is InChI=1S/C23H24Cl2N2O5/c1-2-31-23(30)32-18-6-3-16(4-7-18)21(28)26-14-15-9-11-27(12-10-15)22(29)19-13-17(24)5-8-20(19)25/h3-8,13,15H,2,9-12,14H2,1H3,(H,26,28). The minimum absolute atomic E-state index is 0.134. The van der Waals surface area contributed by atoms with E-state index in [2.05, 4.69) is 5.32 Å². The molecule has 170 valence electrons. The van der Waals surface area contributed by atoms with Crippen LogP contribution in [0.15, 0.2) is 42.5 Å². The Hall–Kier alpha value is -2.77. The fourth-order valence-corrected chi connectivity index (χ4v) is 3.80. The molecule has 0 aliphatic carbocycles. The molecule has 0 saturated carbocycles. The number of carbonyl (C=O) groups is 3. The van der Waals surface area contributed by atoms with Gasteiger partial charge in [0.15, 0.2) is 0 Å². The minimum Gasteiger partial charge on any atom is -0.434 e. The molecule has 1 N–H and O–H groups in total. The predicted molar refractivity (Wildman–Crippen MR) is 122 cm³/mol. The Bertz CT molecular complexity index is 973. The van der Waals surface area contributed by atoms with E-state index in [1.165, 1.54) is 12.1 Å². The van der Waals surface area contributed by atoms with Crippen molar-refractivity contribution in [3.63, 3.8) is 0 Å². The third-order valence-electron chi connectivity index (χ3n) is 5.19. The molecule has 1 saturated heterocycles. The molecule has 1 aliphatic rings. The van der Waals surface area contributed by atoms with Gasteiger partial charge in [-0.3, -0.25) is 9.59 Å². The summed E-state index contributed by atoms with van der Waals surface area (Å²) in [4.78, 5) is 38.2. The molecule has 0 radical (unpaired) electrons. The largest absolute Gasteiger partial charge is 0.513 e. The van der Waals surface area contributed by atoms with Crippen LogP contribution in [-0.4, -0.2) is 49.1 Å². The van der Waals surface area contributed by atoms with Crippen molar-refractivity contribution >= 4 is 41.2 Å². The van der Waals surface area contributed by atoms with Gasteiger partial charge in [0, 0.05) is 30.2 Å². The number of hydrogen-bond donors (Lipinski definition) is 1. The lowest BCUT2D eigenvalue weighted by Crippen LogP contribution is -2.41. The van der Waals surface area contributed by atoms with E-state index in [9.17, 15) is 14.4 Å². The molecule has 32 heavy (non-hydrogen) atoms. The molecule has 2 amide bonds. The molecule has 0 atom stereocenters. The van der Waals surface area contributed by atoms with E-state index in [0.29, 0.717) is 46.6 Å². The topological polar surface area (TPSA) is 84.9 Å². The first kappa shape index (κ1) is 23.9. The molecule has 2 aromatic rings. The summed E-state index contributed by atoms with van der Waals surface area (Å²) in [6.07, 6.45) is 0.764. The number of rotatable bonds is 6. The van der Waals surface area contributed by atoms with Crippen molar-refractivity contribution < 1.29 is 23.9 Å². The van der Waals surface area contributed by atoms with Crippen molar-refractivity contribution in [1.29, 1.82) is 0 Å². The van der Waals surface area contributed by atoms with E-state index in [1.807, 2.05) is 0 Å². The van der Waals surface area contributed by atoms with Gasteiger partial charge in [-0.2, -0.15) is 0 Å². The van der Waals surface area contributed by atoms with Crippen molar-refractivity contribution in [2.75, 3.05) is 26.2 Å². The van der Waals surface area contributed by atoms with Gasteiger partial charge in [-0.1, -0.05) is 23.2 Å². The van der Waals surface area contributed by atoms with Crippen molar-refractivity contribution in [2.24, 2.45) is 5.92 Å². The molecule has 2 aromatic carbocycles. The Morgan fingerprint density at radius 2 is 1.75 bits per heavy atom. The van der Waals surface area contributed by atoms with Gasteiger partial charge in [0.25, 0.3) is 11.8 Å². The van der Waals surface area contributed by atoms with Crippen LogP contribution in [0.1, 0.15) is 40.5 Å². The van der Waals surface area contributed by atoms with Gasteiger partial charge in [0.1, 0.15) is 5.75 Å². The molecule has 9 heteroatoms. The number of halogens is 2. The highest BCUT2D eigenvalue weighted by Gasteiger charge is 2.25. The zero-order valence-electron chi connectivity index (χ0n) is 17.6. The zero-order valence-corrected chi connectivity index (χ0v) is 19.1. The van der Waals surface area contributed by atoms with Crippen LogP contribution in [0.25, 0.3) is 0 Å². The van der Waals surface area contributed by atoms with E-state index >= 15 is 0 Å². The van der Waals surface area contributed by atoms with E-state index in [1.54, 1.807) is 42.2 Å². The minimum atomic E-state index is -0.785. The number of carbonyl (C=O) groups excluding carboxylic acids is 3. The van der Waals surface area contributed by atoms with E-state index in [4.69, 9.17) is 32.7 Å². The molecule has 1 heterocycles. The lowest BCUT2D eigenvalue weighted by Gasteiger charge is -2.32. The Balaban J connectivity index is 1.45. The Morgan fingerprint density at radius 1 is 1.06 bits per heavy atom. The van der Waals surface area contributed by atoms with Crippen molar-refractivity contribution in [2.45, 2.75) is 19.8 Å². The number of ether oxygens (including phenoxy) is 2. The summed E-state index contributed by atoms with van der Waals surface area (Å²) >= 11 is 12.1. The van der Waals surface area contributed by atoms with E-state index in [0.717, 1.165) is 12.8 Å². The number of likely N-dealkylation sites (tertiary alicyclic amines) is 1. The smallest absolute Gasteiger partial charge is 0.434 e. The first-order valence-electron chi connectivity index (χ1n) is 10.3. The first-order chi connectivity index (χ1) is 15.4. The highest BCUT2D eigenvalue weighted by molar-refractivity contribution is 6.35. The number of piperidine rings is 1. The molecule has 0 unspecified atom stereocenters. The molecule has 0 bridgehead atoms. The molecule has 0 aromatic heterocycles. The van der Waals surface area contributed by atoms with Gasteiger partial charge in [0.2, 0.25) is 0 Å². The average molecular weight is 479 g/mol. The number of benzene rings is 2. The normalized spacial score (nSPS) is 14.0. The second kappa shape index (κ2) is 11.2. The zero-order chi connectivity index (χ0) is 23.1. The summed E-state index contributed by atoms with van der Waals surface area (Å²) in [7, 11) is 0. The van der Waals surface area contributed by atoms with Crippen LogP contribution in [0, 0.1) is 5.92 Å². The highest BCUT2D eigenvalue weighted by Crippen LogP contribution is 2.25. The third-order valence-corrected chi connectivity index (χ3v) is 5.76. The molecule has 7 nitrogen and oxygen atoms in total. The Morgan fingerprint density at radius 3 is 2.41 bits per heavy atom. The fourth-order valence-electron chi connectivity index (χ4n) is 3.43. The van der Waals surface area contributed by atoms with Crippen LogP contribution < -0.4 is 10.1 Å². The third kappa shape index (κ3) is 6.37. The monoisotopic (exact) mass is 478 g/mol. The molecule has 1 fully saturated rings. The Labute approximate surface area is 196 Å². The van der Waals surface area contributed by atoms with Crippen LogP contribution in [0.2, 0.25) is 10.0 Å². The summed E-state index contributed by atoms with van der Waals surface area (Å²) < 4.78 is 9.69. The van der Waals surface area contributed by atoms with Crippen LogP contribution in [-0.2, 0) is 4.74 Å². The first-order valence-corrected chi connectivity index (χ1v) is 11.1. The molecule has 1 aliphatic heterocycles. The second-order valence-electron chi connectivity index (χ2n) is 7.38. The molecule has 3 rings (SSSR count). The van der Waals surface area contributed by atoms with Gasteiger partial charge in [0.05, 0.1) is 17.2 Å². The van der Waals surface area contributed by atoms with Gasteiger partial charge in [-0.05, 0) is 68.1 Å². The van der Waals surface area contributed by atoms with Crippen LogP contribution >= 0.6 is 23.2 Å². The summed E-state index contributed by atoms with van der Waals surface area (Å²) in [6.45, 7) is 3.59. The number of nitrogens with zero attached hydrogens (tertiary/aromatic N) is 1. The molecular formula is C23H24Cl2N2O5.